The Morgan fingerprint density at radius 2 is 2.27 bits per heavy atom. The molecule has 0 saturated carbocycles. The highest BCUT2D eigenvalue weighted by Gasteiger charge is 2.15. The third kappa shape index (κ3) is 4.30. The van der Waals surface area contributed by atoms with Crippen LogP contribution in [-0.4, -0.2) is 29.1 Å². The monoisotopic (exact) mass is 337 g/mol. The van der Waals surface area contributed by atoms with Gasteiger partial charge in [0.25, 0.3) is 5.91 Å². The zero-order valence-electron chi connectivity index (χ0n) is 11.8. The lowest BCUT2D eigenvalue weighted by atomic mass is 10.1. The summed E-state index contributed by atoms with van der Waals surface area (Å²) in [6, 6.07) is 6.99. The number of benzene rings is 1. The van der Waals surface area contributed by atoms with Crippen LogP contribution in [0.4, 0.5) is 5.13 Å². The molecule has 1 aromatic carbocycles. The quantitative estimate of drug-likeness (QED) is 0.679. The van der Waals surface area contributed by atoms with E-state index >= 15 is 0 Å². The molecule has 0 saturated heterocycles. The molecular weight excluding hydrogens is 322 g/mol. The highest BCUT2D eigenvalue weighted by molar-refractivity contribution is 7.17. The second-order valence-electron chi connectivity index (χ2n) is 4.45. The van der Waals surface area contributed by atoms with Crippen LogP contribution >= 0.6 is 22.9 Å². The number of aliphatic hydroxyl groups excluding tert-OH is 1. The summed E-state index contributed by atoms with van der Waals surface area (Å²) in [5.74, 6) is -0.282. The molecule has 1 atom stereocenters. The molecule has 22 heavy (non-hydrogen) atoms. The van der Waals surface area contributed by atoms with Crippen LogP contribution in [-0.2, 0) is 0 Å². The second kappa shape index (κ2) is 7.93. The summed E-state index contributed by atoms with van der Waals surface area (Å²) >= 11 is 7.25. The Balaban J connectivity index is 1.91. The molecule has 0 aliphatic rings. The fourth-order valence-electron chi connectivity index (χ4n) is 1.75. The Morgan fingerprint density at radius 3 is 3.00 bits per heavy atom. The lowest BCUT2D eigenvalue weighted by Gasteiger charge is -2.13. The molecule has 3 N–H and O–H groups in total. The van der Waals surface area contributed by atoms with Gasteiger partial charge in [0, 0.05) is 23.7 Å². The Hall–Kier alpha value is -1.89. The molecule has 0 fully saturated rings. The number of carbonyl (C=O) groups excluding carboxylic acids is 1. The van der Waals surface area contributed by atoms with Gasteiger partial charge < -0.3 is 15.7 Å². The van der Waals surface area contributed by atoms with Crippen molar-refractivity contribution in [1.29, 1.82) is 0 Å². The maximum absolute atomic E-state index is 12.0. The molecular formula is C15H16ClN3O2S. The molecule has 1 unspecified atom stereocenters. The predicted molar refractivity (Wildman–Crippen MR) is 89.5 cm³/mol. The number of thiazole rings is 1. The molecule has 2 rings (SSSR count). The van der Waals surface area contributed by atoms with Gasteiger partial charge in [0.15, 0.2) is 5.13 Å². The van der Waals surface area contributed by atoms with Crippen molar-refractivity contribution in [3.8, 4) is 0 Å². The average Bonchev–Trinajstić information content (AvgIpc) is 2.99. The molecule has 0 radical (unpaired) electrons. The van der Waals surface area contributed by atoms with E-state index in [0.717, 1.165) is 0 Å². The van der Waals surface area contributed by atoms with Gasteiger partial charge in [-0.2, -0.15) is 0 Å². The van der Waals surface area contributed by atoms with Crippen molar-refractivity contribution in [2.24, 2.45) is 0 Å². The Morgan fingerprint density at radius 1 is 1.50 bits per heavy atom. The van der Waals surface area contributed by atoms with Crippen molar-refractivity contribution >= 4 is 34.0 Å². The van der Waals surface area contributed by atoms with E-state index in [-0.39, 0.29) is 12.5 Å². The van der Waals surface area contributed by atoms with Gasteiger partial charge in [-0.05, 0) is 6.07 Å². The van der Waals surface area contributed by atoms with Gasteiger partial charge in [-0.1, -0.05) is 47.2 Å². The Bertz CT molecular complexity index is 660. The first-order chi connectivity index (χ1) is 10.6. The minimum absolute atomic E-state index is 0.0793. The van der Waals surface area contributed by atoms with Gasteiger partial charge in [-0.15, -0.1) is 6.58 Å². The van der Waals surface area contributed by atoms with Crippen LogP contribution in [0.2, 0.25) is 5.02 Å². The SMILES string of the molecule is C=CCNc1ncc(C(=O)NCC(O)c2ccccc2Cl)s1. The van der Waals surface area contributed by atoms with E-state index in [4.69, 9.17) is 11.6 Å². The summed E-state index contributed by atoms with van der Waals surface area (Å²) in [7, 11) is 0. The van der Waals surface area contributed by atoms with Crippen molar-refractivity contribution in [2.75, 3.05) is 18.4 Å². The smallest absolute Gasteiger partial charge is 0.263 e. The topological polar surface area (TPSA) is 74.2 Å². The third-order valence-electron chi connectivity index (χ3n) is 2.85. The van der Waals surface area contributed by atoms with Gasteiger partial charge in [-0.25, -0.2) is 4.98 Å². The van der Waals surface area contributed by atoms with E-state index in [0.29, 0.717) is 27.1 Å². The van der Waals surface area contributed by atoms with Crippen LogP contribution in [0.25, 0.3) is 0 Å². The average molecular weight is 338 g/mol. The fraction of sp³-hybridized carbons (Fsp3) is 0.200. The fourth-order valence-corrected chi connectivity index (χ4v) is 2.75. The predicted octanol–water partition coefficient (Wildman–Crippen LogP) is 2.86. The van der Waals surface area contributed by atoms with Crippen molar-refractivity contribution in [3.63, 3.8) is 0 Å². The zero-order chi connectivity index (χ0) is 15.9. The molecule has 7 heteroatoms. The number of rotatable bonds is 7. The second-order valence-corrected chi connectivity index (χ2v) is 5.88. The number of halogens is 1. The lowest BCUT2D eigenvalue weighted by Crippen LogP contribution is -2.27. The molecule has 0 bridgehead atoms. The minimum Gasteiger partial charge on any atom is -0.387 e. The minimum atomic E-state index is -0.857. The first-order valence-corrected chi connectivity index (χ1v) is 7.82. The van der Waals surface area contributed by atoms with Crippen molar-refractivity contribution in [1.82, 2.24) is 10.3 Å². The van der Waals surface area contributed by atoms with Crippen LogP contribution in [0.1, 0.15) is 21.3 Å². The largest absolute Gasteiger partial charge is 0.387 e. The molecule has 0 spiro atoms. The molecule has 5 nitrogen and oxygen atoms in total. The number of anilines is 1. The van der Waals surface area contributed by atoms with Gasteiger partial charge in [0.1, 0.15) is 4.88 Å². The van der Waals surface area contributed by atoms with Crippen molar-refractivity contribution < 1.29 is 9.90 Å². The summed E-state index contributed by atoms with van der Waals surface area (Å²) in [4.78, 5) is 16.6. The van der Waals surface area contributed by atoms with Crippen LogP contribution in [0.3, 0.4) is 0 Å². The van der Waals surface area contributed by atoms with E-state index in [1.165, 1.54) is 17.5 Å². The summed E-state index contributed by atoms with van der Waals surface area (Å²) in [5, 5.41) is 16.9. The number of amides is 1. The van der Waals surface area contributed by atoms with Gasteiger partial charge in [-0.3, -0.25) is 4.79 Å². The number of carbonyl (C=O) groups is 1. The number of aromatic nitrogens is 1. The highest BCUT2D eigenvalue weighted by atomic mass is 35.5. The maximum Gasteiger partial charge on any atom is 0.263 e. The number of hydrogen-bond acceptors (Lipinski definition) is 5. The Kier molecular flexibility index (Phi) is 5.94. The van der Waals surface area contributed by atoms with Crippen LogP contribution < -0.4 is 10.6 Å². The summed E-state index contributed by atoms with van der Waals surface area (Å²) in [5.41, 5.74) is 0.585. The van der Waals surface area contributed by atoms with E-state index in [1.807, 2.05) is 0 Å². The first-order valence-electron chi connectivity index (χ1n) is 6.63. The number of nitrogens with zero attached hydrogens (tertiary/aromatic N) is 1. The van der Waals surface area contributed by atoms with Crippen LogP contribution in [0.15, 0.2) is 43.1 Å². The van der Waals surface area contributed by atoms with Gasteiger partial charge >= 0.3 is 0 Å². The highest BCUT2D eigenvalue weighted by Crippen LogP contribution is 2.22. The Labute approximate surface area is 137 Å². The standard InChI is InChI=1S/C15H16ClN3O2S/c1-2-7-17-15-19-9-13(22-15)14(21)18-8-12(20)10-5-3-4-6-11(10)16/h2-6,9,12,20H,1,7-8H2,(H,17,19)(H,18,21). The number of nitrogens with one attached hydrogen (secondary N) is 2. The third-order valence-corrected chi connectivity index (χ3v) is 4.15. The molecule has 0 aliphatic carbocycles. The van der Waals surface area contributed by atoms with E-state index in [2.05, 4.69) is 22.2 Å². The molecule has 1 heterocycles. The summed E-state index contributed by atoms with van der Waals surface area (Å²) in [6.45, 7) is 4.26. The molecule has 116 valence electrons. The van der Waals surface area contributed by atoms with Gasteiger partial charge in [0.05, 0.1) is 12.3 Å². The first kappa shape index (κ1) is 16.5. The normalized spacial score (nSPS) is 11.7. The van der Waals surface area contributed by atoms with E-state index < -0.39 is 6.10 Å². The molecule has 1 aromatic heterocycles. The van der Waals surface area contributed by atoms with Crippen LogP contribution in [0.5, 0.6) is 0 Å². The van der Waals surface area contributed by atoms with Gasteiger partial charge in [0.2, 0.25) is 0 Å². The maximum atomic E-state index is 12.0. The lowest BCUT2D eigenvalue weighted by molar-refractivity contribution is 0.0920. The van der Waals surface area contributed by atoms with Crippen molar-refractivity contribution in [3.05, 3.63) is 58.6 Å². The molecule has 0 aliphatic heterocycles. The zero-order valence-corrected chi connectivity index (χ0v) is 13.3. The number of aliphatic hydroxyl groups is 1. The van der Waals surface area contributed by atoms with E-state index in [9.17, 15) is 9.90 Å². The van der Waals surface area contributed by atoms with Crippen LogP contribution in [0, 0.1) is 0 Å². The molecule has 1 amide bonds. The molecule has 2 aromatic rings. The van der Waals surface area contributed by atoms with E-state index in [1.54, 1.807) is 30.3 Å². The van der Waals surface area contributed by atoms with Crippen molar-refractivity contribution in [2.45, 2.75) is 6.10 Å². The summed E-state index contributed by atoms with van der Waals surface area (Å²) < 4.78 is 0. The summed E-state index contributed by atoms with van der Waals surface area (Å²) in [6.07, 6.45) is 2.35. The number of hydrogen-bond donors (Lipinski definition) is 3.